The van der Waals surface area contributed by atoms with Crippen molar-refractivity contribution in [3.8, 4) is 11.5 Å². The van der Waals surface area contributed by atoms with Gasteiger partial charge in [0.1, 0.15) is 17.1 Å². The number of hydrogen-bond donors (Lipinski definition) is 0. The van der Waals surface area contributed by atoms with Gasteiger partial charge in [0.15, 0.2) is 13.6 Å². The van der Waals surface area contributed by atoms with Crippen LogP contribution in [-0.4, -0.2) is 61.3 Å². The number of likely N-dealkylation sites (tertiary alicyclic amines) is 2. The van der Waals surface area contributed by atoms with Crippen LogP contribution in [-0.2, 0) is 27.4 Å². The molecule has 2 aromatic carbocycles. The maximum Gasteiger partial charge on any atom is 0.410 e. The number of carbonyl (C=O) groups is 1. The number of carbonyl (C=O) groups excluding carboxylic acids is 1. The van der Waals surface area contributed by atoms with Gasteiger partial charge in [-0.2, -0.15) is 0 Å². The molecule has 1 amide bonds. The molecule has 0 N–H and O–H groups in total. The molecule has 0 aliphatic carbocycles. The maximum atomic E-state index is 12.7. The third-order valence-electron chi connectivity index (χ3n) is 7.44. The number of hydrogen-bond acceptors (Lipinski definition) is 7. The molecule has 0 saturated carbocycles. The summed E-state index contributed by atoms with van der Waals surface area (Å²) in [6.45, 7) is 10.8. The zero-order chi connectivity index (χ0) is 24.9. The largest absolute Gasteiger partial charge is 0.467 e. The van der Waals surface area contributed by atoms with Crippen LogP contribution in [0.4, 0.5) is 4.79 Å². The number of fused-ring (bicyclic) bond motifs is 3. The molecule has 2 unspecified atom stereocenters. The summed E-state index contributed by atoms with van der Waals surface area (Å²) in [5, 5.41) is 0. The van der Waals surface area contributed by atoms with E-state index < -0.39 is 5.60 Å². The monoisotopic (exact) mass is 494 g/mol. The molecule has 2 aromatic rings. The Morgan fingerprint density at radius 2 is 1.39 bits per heavy atom. The molecule has 192 valence electrons. The minimum Gasteiger partial charge on any atom is -0.467 e. The number of benzene rings is 2. The van der Waals surface area contributed by atoms with Crippen LogP contribution in [0.1, 0.15) is 49.1 Å². The van der Waals surface area contributed by atoms with Crippen LogP contribution in [0.5, 0.6) is 11.5 Å². The van der Waals surface area contributed by atoms with Gasteiger partial charge in [0.2, 0.25) is 0 Å². The molecule has 6 rings (SSSR count). The van der Waals surface area contributed by atoms with Gasteiger partial charge in [0.25, 0.3) is 0 Å². The van der Waals surface area contributed by atoms with Crippen LogP contribution >= 0.6 is 0 Å². The summed E-state index contributed by atoms with van der Waals surface area (Å²) in [6.07, 6.45) is -0.204. The van der Waals surface area contributed by atoms with Gasteiger partial charge >= 0.3 is 6.09 Å². The van der Waals surface area contributed by atoms with E-state index in [1.807, 2.05) is 25.7 Å². The SMILES string of the molecule is CC(C)(C)OC(=O)N1CC2CN(C(c3ccc4c(c3)COCO4)c3ccc4c(c3)COCO4)CC2C1. The zero-order valence-corrected chi connectivity index (χ0v) is 21.2. The molecular formula is C28H34N2O6. The van der Waals surface area contributed by atoms with Gasteiger partial charge in [-0.3, -0.25) is 4.90 Å². The molecule has 0 bridgehead atoms. The second-order valence-corrected chi connectivity index (χ2v) is 11.2. The van der Waals surface area contributed by atoms with Crippen molar-refractivity contribution in [1.82, 2.24) is 9.80 Å². The van der Waals surface area contributed by atoms with Gasteiger partial charge in [-0.05, 0) is 68.0 Å². The fourth-order valence-corrected chi connectivity index (χ4v) is 5.89. The van der Waals surface area contributed by atoms with E-state index in [4.69, 9.17) is 23.7 Å². The fourth-order valence-electron chi connectivity index (χ4n) is 5.89. The highest BCUT2D eigenvalue weighted by Gasteiger charge is 2.45. The average molecular weight is 495 g/mol. The lowest BCUT2D eigenvalue weighted by Gasteiger charge is -2.32. The van der Waals surface area contributed by atoms with Crippen LogP contribution in [0.25, 0.3) is 0 Å². The second kappa shape index (κ2) is 9.25. The topological polar surface area (TPSA) is 69.7 Å². The Hall–Kier alpha value is -2.81. The van der Waals surface area contributed by atoms with Crippen LogP contribution < -0.4 is 9.47 Å². The predicted octanol–water partition coefficient (Wildman–Crippen LogP) is 4.31. The average Bonchev–Trinajstić information content (AvgIpc) is 3.43. The highest BCUT2D eigenvalue weighted by molar-refractivity contribution is 5.68. The smallest absolute Gasteiger partial charge is 0.410 e. The number of amides is 1. The first-order valence-electron chi connectivity index (χ1n) is 12.7. The van der Waals surface area contributed by atoms with Gasteiger partial charge in [-0.1, -0.05) is 12.1 Å². The summed E-state index contributed by atoms with van der Waals surface area (Å²) >= 11 is 0. The third-order valence-corrected chi connectivity index (χ3v) is 7.44. The molecule has 0 aromatic heterocycles. The summed E-state index contributed by atoms with van der Waals surface area (Å²) in [6, 6.07) is 13.0. The summed E-state index contributed by atoms with van der Waals surface area (Å²) in [7, 11) is 0. The van der Waals surface area contributed by atoms with Crippen LogP contribution in [0.2, 0.25) is 0 Å². The van der Waals surface area contributed by atoms with Crippen molar-refractivity contribution in [3.05, 3.63) is 58.7 Å². The van der Waals surface area contributed by atoms with Crippen molar-refractivity contribution in [2.45, 2.75) is 45.6 Å². The van der Waals surface area contributed by atoms with Crippen molar-refractivity contribution >= 4 is 6.09 Å². The van der Waals surface area contributed by atoms with Gasteiger partial charge in [0.05, 0.1) is 19.3 Å². The molecule has 4 aliphatic heterocycles. The lowest BCUT2D eigenvalue weighted by atomic mass is 9.93. The molecule has 4 aliphatic rings. The quantitative estimate of drug-likeness (QED) is 0.630. The molecule has 8 heteroatoms. The lowest BCUT2D eigenvalue weighted by molar-refractivity contribution is -0.0164. The number of rotatable bonds is 3. The maximum absolute atomic E-state index is 12.7. The standard InChI is InChI=1S/C28H34N2O6/c1-28(2,3)36-27(31)30-12-22-10-29(11-23(22)13-30)26(18-4-6-24-20(8-18)14-32-16-34-24)19-5-7-25-21(9-19)15-33-17-35-25/h4-9,22-23,26H,10-17H2,1-3H3. The summed E-state index contributed by atoms with van der Waals surface area (Å²) in [5.41, 5.74) is 4.09. The summed E-state index contributed by atoms with van der Waals surface area (Å²) < 4.78 is 28.1. The number of nitrogens with zero attached hydrogens (tertiary/aromatic N) is 2. The van der Waals surface area contributed by atoms with E-state index in [0.29, 0.717) is 38.6 Å². The normalized spacial score (nSPS) is 23.5. The van der Waals surface area contributed by atoms with E-state index >= 15 is 0 Å². The highest BCUT2D eigenvalue weighted by atomic mass is 16.7. The molecule has 2 fully saturated rings. The van der Waals surface area contributed by atoms with Gasteiger partial charge in [0, 0.05) is 37.3 Å². The van der Waals surface area contributed by atoms with E-state index in [1.165, 1.54) is 11.1 Å². The first-order chi connectivity index (χ1) is 17.3. The van der Waals surface area contributed by atoms with Crippen molar-refractivity contribution in [2.75, 3.05) is 39.8 Å². The van der Waals surface area contributed by atoms with Crippen LogP contribution in [0.15, 0.2) is 36.4 Å². The highest BCUT2D eigenvalue weighted by Crippen LogP contribution is 2.41. The molecule has 2 saturated heterocycles. The van der Waals surface area contributed by atoms with Gasteiger partial charge in [-0.25, -0.2) is 4.79 Å². The first-order valence-corrected chi connectivity index (χ1v) is 12.7. The van der Waals surface area contributed by atoms with E-state index in [2.05, 4.69) is 41.3 Å². The Bertz CT molecular complexity index is 1070. The Balaban J connectivity index is 1.27. The summed E-state index contributed by atoms with van der Waals surface area (Å²) in [5.74, 6) is 2.63. The molecular weight excluding hydrogens is 460 g/mol. The molecule has 8 nitrogen and oxygen atoms in total. The van der Waals surface area contributed by atoms with Gasteiger partial charge < -0.3 is 28.6 Å². The van der Waals surface area contributed by atoms with Crippen LogP contribution in [0.3, 0.4) is 0 Å². The van der Waals surface area contributed by atoms with E-state index in [1.54, 1.807) is 0 Å². The first kappa shape index (κ1) is 23.6. The van der Waals surface area contributed by atoms with Gasteiger partial charge in [-0.15, -0.1) is 0 Å². The van der Waals surface area contributed by atoms with Crippen molar-refractivity contribution in [2.24, 2.45) is 11.8 Å². The minimum absolute atomic E-state index is 0.0741. The van der Waals surface area contributed by atoms with E-state index in [-0.39, 0.29) is 12.1 Å². The Morgan fingerprint density at radius 3 is 1.89 bits per heavy atom. The molecule has 0 radical (unpaired) electrons. The van der Waals surface area contributed by atoms with E-state index in [0.717, 1.165) is 48.8 Å². The van der Waals surface area contributed by atoms with E-state index in [9.17, 15) is 4.79 Å². The Kier molecular flexibility index (Phi) is 6.06. The summed E-state index contributed by atoms with van der Waals surface area (Å²) in [4.78, 5) is 17.1. The zero-order valence-electron chi connectivity index (χ0n) is 21.2. The lowest BCUT2D eigenvalue weighted by Crippen LogP contribution is -2.38. The predicted molar refractivity (Wildman–Crippen MR) is 132 cm³/mol. The van der Waals surface area contributed by atoms with Crippen molar-refractivity contribution in [1.29, 1.82) is 0 Å². The third kappa shape index (κ3) is 4.65. The Morgan fingerprint density at radius 1 is 0.861 bits per heavy atom. The number of ether oxygens (including phenoxy) is 5. The van der Waals surface area contributed by atoms with Crippen molar-refractivity contribution in [3.63, 3.8) is 0 Å². The van der Waals surface area contributed by atoms with Crippen molar-refractivity contribution < 1.29 is 28.5 Å². The second-order valence-electron chi connectivity index (χ2n) is 11.2. The minimum atomic E-state index is -0.480. The van der Waals surface area contributed by atoms with Crippen LogP contribution in [0, 0.1) is 11.8 Å². The molecule has 4 heterocycles. The molecule has 36 heavy (non-hydrogen) atoms. The Labute approximate surface area is 212 Å². The molecule has 2 atom stereocenters. The molecule has 0 spiro atoms. The fraction of sp³-hybridized carbons (Fsp3) is 0.536.